The van der Waals surface area contributed by atoms with Crippen LogP contribution in [0.15, 0.2) is 0 Å². The van der Waals surface area contributed by atoms with Crippen molar-refractivity contribution in [1.29, 1.82) is 0 Å². The molecule has 14 heavy (non-hydrogen) atoms. The Labute approximate surface area is 91.2 Å². The second-order valence-electron chi connectivity index (χ2n) is 4.42. The van der Waals surface area contributed by atoms with E-state index in [1.54, 1.807) is 0 Å². The quantitative estimate of drug-likeness (QED) is 0.778. The van der Waals surface area contributed by atoms with Crippen LogP contribution in [0, 0.1) is 0 Å². The van der Waals surface area contributed by atoms with Gasteiger partial charge in [-0.1, -0.05) is 0 Å². The average Bonchev–Trinajstić information content (AvgIpc) is 2.67. The van der Waals surface area contributed by atoms with Crippen LogP contribution in [0.1, 0.15) is 32.1 Å². The maximum absolute atomic E-state index is 5.36. The van der Waals surface area contributed by atoms with E-state index in [1.807, 2.05) is 11.8 Å². The van der Waals surface area contributed by atoms with E-state index in [4.69, 9.17) is 4.74 Å². The van der Waals surface area contributed by atoms with E-state index < -0.39 is 0 Å². The van der Waals surface area contributed by atoms with Gasteiger partial charge in [-0.05, 0) is 38.4 Å². The summed E-state index contributed by atoms with van der Waals surface area (Å²) in [6.07, 6.45) is 8.81. The molecule has 0 aromatic heterocycles. The van der Waals surface area contributed by atoms with E-state index in [-0.39, 0.29) is 0 Å². The summed E-state index contributed by atoms with van der Waals surface area (Å²) in [6, 6.07) is 1.52. The fourth-order valence-corrected chi connectivity index (χ4v) is 3.30. The normalized spacial score (nSPS) is 34.9. The summed E-state index contributed by atoms with van der Waals surface area (Å²) < 4.78 is 5.36. The number of thioether (sulfide) groups is 1. The SMILES string of the molecule is CSC1CCC(NC2CCOCC2)C1. The average molecular weight is 215 g/mol. The molecule has 82 valence electrons. The van der Waals surface area contributed by atoms with E-state index >= 15 is 0 Å². The first-order chi connectivity index (χ1) is 6.88. The number of hydrogen-bond donors (Lipinski definition) is 1. The highest BCUT2D eigenvalue weighted by molar-refractivity contribution is 7.99. The lowest BCUT2D eigenvalue weighted by Gasteiger charge is -2.26. The van der Waals surface area contributed by atoms with Gasteiger partial charge in [0.25, 0.3) is 0 Å². The molecule has 2 rings (SSSR count). The van der Waals surface area contributed by atoms with Crippen LogP contribution >= 0.6 is 11.8 Å². The van der Waals surface area contributed by atoms with E-state index in [0.29, 0.717) is 0 Å². The van der Waals surface area contributed by atoms with Crippen LogP contribution in [-0.2, 0) is 4.74 Å². The highest BCUT2D eigenvalue weighted by Gasteiger charge is 2.26. The molecule has 1 aliphatic heterocycles. The monoisotopic (exact) mass is 215 g/mol. The molecular formula is C11H21NOS. The van der Waals surface area contributed by atoms with Gasteiger partial charge < -0.3 is 10.1 Å². The van der Waals surface area contributed by atoms with Gasteiger partial charge in [-0.2, -0.15) is 11.8 Å². The summed E-state index contributed by atoms with van der Waals surface area (Å²) in [5, 5.41) is 4.70. The van der Waals surface area contributed by atoms with Crippen LogP contribution in [0.3, 0.4) is 0 Å². The van der Waals surface area contributed by atoms with Crippen molar-refractivity contribution in [2.45, 2.75) is 49.4 Å². The van der Waals surface area contributed by atoms with Crippen molar-refractivity contribution in [3.8, 4) is 0 Å². The lowest BCUT2D eigenvalue weighted by molar-refractivity contribution is 0.0751. The molecule has 0 amide bonds. The Morgan fingerprint density at radius 2 is 1.86 bits per heavy atom. The zero-order chi connectivity index (χ0) is 9.80. The summed E-state index contributed by atoms with van der Waals surface area (Å²) in [5.74, 6) is 0. The number of hydrogen-bond acceptors (Lipinski definition) is 3. The summed E-state index contributed by atoms with van der Waals surface area (Å²) in [4.78, 5) is 0. The smallest absolute Gasteiger partial charge is 0.0480 e. The van der Waals surface area contributed by atoms with Gasteiger partial charge in [0, 0.05) is 30.5 Å². The van der Waals surface area contributed by atoms with Crippen LogP contribution in [-0.4, -0.2) is 36.8 Å². The largest absolute Gasteiger partial charge is 0.381 e. The van der Waals surface area contributed by atoms with Crippen molar-refractivity contribution >= 4 is 11.8 Å². The van der Waals surface area contributed by atoms with Crippen LogP contribution in [0.25, 0.3) is 0 Å². The molecule has 1 aliphatic carbocycles. The third kappa shape index (κ3) is 2.88. The molecule has 0 aromatic carbocycles. The lowest BCUT2D eigenvalue weighted by Crippen LogP contribution is -2.40. The Bertz CT molecular complexity index is 171. The van der Waals surface area contributed by atoms with Crippen LogP contribution in [0.4, 0.5) is 0 Å². The summed E-state index contributed by atoms with van der Waals surface area (Å²) >= 11 is 2.03. The molecular weight excluding hydrogens is 194 g/mol. The predicted molar refractivity (Wildman–Crippen MR) is 61.9 cm³/mol. The molecule has 0 spiro atoms. The van der Waals surface area contributed by atoms with Crippen LogP contribution in [0.2, 0.25) is 0 Å². The third-order valence-electron chi connectivity index (χ3n) is 3.41. The minimum Gasteiger partial charge on any atom is -0.381 e. The predicted octanol–water partition coefficient (Wildman–Crippen LogP) is 2.04. The van der Waals surface area contributed by atoms with E-state index in [2.05, 4.69) is 11.6 Å². The summed E-state index contributed by atoms with van der Waals surface area (Å²) in [5.41, 5.74) is 0. The summed E-state index contributed by atoms with van der Waals surface area (Å²) in [7, 11) is 0. The molecule has 3 heteroatoms. The zero-order valence-electron chi connectivity index (χ0n) is 9.00. The Morgan fingerprint density at radius 1 is 1.07 bits per heavy atom. The maximum Gasteiger partial charge on any atom is 0.0480 e. The minimum absolute atomic E-state index is 0.731. The van der Waals surface area contributed by atoms with E-state index in [1.165, 1.54) is 32.1 Å². The molecule has 1 heterocycles. The standard InChI is InChI=1S/C11H21NOS/c1-14-11-3-2-10(8-11)12-9-4-6-13-7-5-9/h9-12H,2-8H2,1H3. The van der Waals surface area contributed by atoms with Gasteiger partial charge in [-0.25, -0.2) is 0 Å². The number of nitrogens with one attached hydrogen (secondary N) is 1. The van der Waals surface area contributed by atoms with Gasteiger partial charge in [-0.15, -0.1) is 0 Å². The topological polar surface area (TPSA) is 21.3 Å². The first kappa shape index (κ1) is 10.8. The van der Waals surface area contributed by atoms with Gasteiger partial charge in [0.15, 0.2) is 0 Å². The van der Waals surface area contributed by atoms with Crippen molar-refractivity contribution in [1.82, 2.24) is 5.32 Å². The van der Waals surface area contributed by atoms with Crippen molar-refractivity contribution in [2.75, 3.05) is 19.5 Å². The molecule has 2 fully saturated rings. The third-order valence-corrected chi connectivity index (χ3v) is 4.51. The molecule has 2 nitrogen and oxygen atoms in total. The van der Waals surface area contributed by atoms with Crippen molar-refractivity contribution in [3.63, 3.8) is 0 Å². The van der Waals surface area contributed by atoms with Gasteiger partial charge in [0.2, 0.25) is 0 Å². The molecule has 0 radical (unpaired) electrons. The molecule has 2 atom stereocenters. The van der Waals surface area contributed by atoms with Gasteiger partial charge >= 0.3 is 0 Å². The lowest BCUT2D eigenvalue weighted by atomic mass is 10.1. The van der Waals surface area contributed by atoms with Gasteiger partial charge in [-0.3, -0.25) is 0 Å². The fourth-order valence-electron chi connectivity index (χ4n) is 2.50. The fraction of sp³-hybridized carbons (Fsp3) is 1.00. The molecule has 1 N–H and O–H groups in total. The number of ether oxygens (including phenoxy) is 1. The summed E-state index contributed by atoms with van der Waals surface area (Å²) in [6.45, 7) is 1.91. The van der Waals surface area contributed by atoms with Crippen molar-refractivity contribution in [3.05, 3.63) is 0 Å². The minimum atomic E-state index is 0.731. The first-order valence-electron chi connectivity index (χ1n) is 5.75. The Hall–Kier alpha value is 0.270. The van der Waals surface area contributed by atoms with Gasteiger partial charge in [0.1, 0.15) is 0 Å². The Morgan fingerprint density at radius 3 is 2.50 bits per heavy atom. The van der Waals surface area contributed by atoms with E-state index in [0.717, 1.165) is 30.5 Å². The van der Waals surface area contributed by atoms with E-state index in [9.17, 15) is 0 Å². The molecule has 2 aliphatic rings. The molecule has 0 bridgehead atoms. The molecule has 1 saturated carbocycles. The molecule has 1 saturated heterocycles. The second-order valence-corrected chi connectivity index (χ2v) is 5.56. The molecule has 0 aromatic rings. The number of rotatable bonds is 3. The Balaban J connectivity index is 1.69. The Kier molecular flexibility index (Phi) is 4.14. The maximum atomic E-state index is 5.36. The second kappa shape index (κ2) is 5.38. The first-order valence-corrected chi connectivity index (χ1v) is 7.04. The van der Waals surface area contributed by atoms with Gasteiger partial charge in [0.05, 0.1) is 0 Å². The highest BCUT2D eigenvalue weighted by Crippen LogP contribution is 2.28. The van der Waals surface area contributed by atoms with Crippen LogP contribution in [0.5, 0.6) is 0 Å². The molecule has 2 unspecified atom stereocenters. The zero-order valence-corrected chi connectivity index (χ0v) is 9.81. The van der Waals surface area contributed by atoms with Crippen LogP contribution < -0.4 is 5.32 Å². The highest BCUT2D eigenvalue weighted by atomic mass is 32.2. The van der Waals surface area contributed by atoms with Crippen molar-refractivity contribution in [2.24, 2.45) is 0 Å². The van der Waals surface area contributed by atoms with Crippen molar-refractivity contribution < 1.29 is 4.74 Å².